The van der Waals surface area contributed by atoms with Gasteiger partial charge in [0.15, 0.2) is 5.69 Å². The summed E-state index contributed by atoms with van der Waals surface area (Å²) in [7, 11) is 0. The highest BCUT2D eigenvalue weighted by atomic mass is 16.5. The molecule has 1 aliphatic rings. The van der Waals surface area contributed by atoms with Crippen molar-refractivity contribution in [3.63, 3.8) is 0 Å². The molecule has 23 heavy (non-hydrogen) atoms. The molecule has 128 valence electrons. The number of carbonyl (C=O) groups is 2. The zero-order chi connectivity index (χ0) is 16.7. The van der Waals surface area contributed by atoms with Crippen molar-refractivity contribution in [3.05, 3.63) is 17.5 Å². The smallest absolute Gasteiger partial charge is 0.358 e. The summed E-state index contributed by atoms with van der Waals surface area (Å²) in [6, 6.07) is 1.43. The van der Waals surface area contributed by atoms with Crippen LogP contribution in [0.15, 0.2) is 6.07 Å². The molecule has 1 unspecified atom stereocenters. The maximum atomic E-state index is 12.0. The minimum absolute atomic E-state index is 0.125. The van der Waals surface area contributed by atoms with Crippen LogP contribution < -0.4 is 0 Å². The van der Waals surface area contributed by atoms with Crippen molar-refractivity contribution in [3.8, 4) is 0 Å². The van der Waals surface area contributed by atoms with Crippen molar-refractivity contribution in [1.29, 1.82) is 0 Å². The molecule has 2 heterocycles. The van der Waals surface area contributed by atoms with Crippen molar-refractivity contribution >= 4 is 11.9 Å². The van der Waals surface area contributed by atoms with Gasteiger partial charge < -0.3 is 14.2 Å². The first-order chi connectivity index (χ1) is 11.2. The van der Waals surface area contributed by atoms with Crippen LogP contribution in [0, 0.1) is 0 Å². The molecule has 1 fully saturated rings. The molecular formula is C16H24N2O5. The van der Waals surface area contributed by atoms with Gasteiger partial charge in [-0.25, -0.2) is 9.59 Å². The van der Waals surface area contributed by atoms with Crippen molar-refractivity contribution in [2.45, 2.75) is 52.2 Å². The number of nitrogens with zero attached hydrogens (tertiary/aromatic N) is 2. The van der Waals surface area contributed by atoms with E-state index in [0.717, 1.165) is 32.3 Å². The molecule has 0 saturated carbocycles. The predicted octanol–water partition coefficient (Wildman–Crippen LogP) is 2.20. The van der Waals surface area contributed by atoms with Gasteiger partial charge in [-0.15, -0.1) is 0 Å². The fourth-order valence-electron chi connectivity index (χ4n) is 2.56. The molecule has 1 atom stereocenters. The monoisotopic (exact) mass is 324 g/mol. The lowest BCUT2D eigenvalue weighted by atomic mass is 10.1. The summed E-state index contributed by atoms with van der Waals surface area (Å²) in [6.07, 6.45) is 4.19. The minimum Gasteiger partial charge on any atom is -0.461 e. The molecule has 1 saturated heterocycles. The lowest BCUT2D eigenvalue weighted by Gasteiger charge is -2.22. The third-order valence-electron chi connectivity index (χ3n) is 3.69. The maximum absolute atomic E-state index is 12.0. The van der Waals surface area contributed by atoms with Gasteiger partial charge in [-0.2, -0.15) is 5.10 Å². The summed E-state index contributed by atoms with van der Waals surface area (Å²) in [4.78, 5) is 23.9. The quantitative estimate of drug-likeness (QED) is 0.715. The zero-order valence-electron chi connectivity index (χ0n) is 13.7. The molecule has 1 aromatic rings. The van der Waals surface area contributed by atoms with Crippen LogP contribution in [0.2, 0.25) is 0 Å². The summed E-state index contributed by atoms with van der Waals surface area (Å²) in [5.41, 5.74) is 0.394. The fraction of sp³-hybridized carbons (Fsp3) is 0.688. The average molecular weight is 324 g/mol. The van der Waals surface area contributed by atoms with Crippen LogP contribution in [0.25, 0.3) is 0 Å². The first-order valence-corrected chi connectivity index (χ1v) is 8.19. The molecule has 0 N–H and O–H groups in total. The second kappa shape index (κ2) is 8.67. The van der Waals surface area contributed by atoms with E-state index < -0.39 is 11.9 Å². The van der Waals surface area contributed by atoms with Gasteiger partial charge in [0.2, 0.25) is 0 Å². The third-order valence-corrected chi connectivity index (χ3v) is 3.69. The van der Waals surface area contributed by atoms with Crippen LogP contribution in [0.4, 0.5) is 0 Å². The zero-order valence-corrected chi connectivity index (χ0v) is 13.7. The standard InChI is InChI=1S/C16H24N2O5/c1-3-21-15(19)13-11-14(16(20)22-4-2)18(17-13)9-8-12-7-5-6-10-23-12/h11-12H,3-10H2,1-2H3. The Balaban J connectivity index is 2.10. The number of hydrogen-bond acceptors (Lipinski definition) is 6. The van der Waals surface area contributed by atoms with Crippen molar-refractivity contribution in [2.75, 3.05) is 19.8 Å². The summed E-state index contributed by atoms with van der Waals surface area (Å²) in [5.74, 6) is -1.02. The van der Waals surface area contributed by atoms with Crippen LogP contribution in [0.1, 0.15) is 60.5 Å². The molecule has 1 aromatic heterocycles. The highest BCUT2D eigenvalue weighted by molar-refractivity contribution is 5.93. The fourth-order valence-corrected chi connectivity index (χ4v) is 2.56. The highest BCUT2D eigenvalue weighted by Crippen LogP contribution is 2.17. The van der Waals surface area contributed by atoms with Crippen LogP contribution >= 0.6 is 0 Å². The first kappa shape index (κ1) is 17.5. The topological polar surface area (TPSA) is 79.7 Å². The third kappa shape index (κ3) is 4.79. The number of ether oxygens (including phenoxy) is 3. The number of aryl methyl sites for hydroxylation is 1. The molecule has 0 spiro atoms. The van der Waals surface area contributed by atoms with Gasteiger partial charge >= 0.3 is 11.9 Å². The number of rotatable bonds is 7. The summed E-state index contributed by atoms with van der Waals surface area (Å²) >= 11 is 0. The largest absolute Gasteiger partial charge is 0.461 e. The number of hydrogen-bond donors (Lipinski definition) is 0. The molecule has 7 nitrogen and oxygen atoms in total. The van der Waals surface area contributed by atoms with E-state index in [1.54, 1.807) is 13.8 Å². The van der Waals surface area contributed by atoms with E-state index in [2.05, 4.69) is 5.10 Å². The highest BCUT2D eigenvalue weighted by Gasteiger charge is 2.22. The van der Waals surface area contributed by atoms with E-state index in [4.69, 9.17) is 14.2 Å². The van der Waals surface area contributed by atoms with Crippen LogP contribution in [-0.4, -0.2) is 47.6 Å². The van der Waals surface area contributed by atoms with Crippen molar-refractivity contribution in [1.82, 2.24) is 9.78 Å². The van der Waals surface area contributed by atoms with Crippen LogP contribution in [0.3, 0.4) is 0 Å². The Kier molecular flexibility index (Phi) is 6.58. The second-order valence-electron chi connectivity index (χ2n) is 5.36. The molecule has 0 amide bonds. The lowest BCUT2D eigenvalue weighted by Crippen LogP contribution is -2.22. The number of aromatic nitrogens is 2. The van der Waals surface area contributed by atoms with E-state index >= 15 is 0 Å². The van der Waals surface area contributed by atoms with Gasteiger partial charge in [0.1, 0.15) is 5.69 Å². The summed E-state index contributed by atoms with van der Waals surface area (Å²) in [5, 5.41) is 4.20. The Morgan fingerprint density at radius 3 is 2.65 bits per heavy atom. The maximum Gasteiger partial charge on any atom is 0.358 e. The van der Waals surface area contributed by atoms with E-state index in [0.29, 0.717) is 6.54 Å². The Morgan fingerprint density at radius 2 is 2.00 bits per heavy atom. The lowest BCUT2D eigenvalue weighted by molar-refractivity contribution is 0.00788. The summed E-state index contributed by atoms with van der Waals surface area (Å²) in [6.45, 7) is 5.27. The van der Waals surface area contributed by atoms with Gasteiger partial charge in [0.05, 0.1) is 19.3 Å². The molecular weight excluding hydrogens is 300 g/mol. The molecule has 0 aliphatic carbocycles. The number of carbonyl (C=O) groups excluding carboxylic acids is 2. The van der Waals surface area contributed by atoms with Crippen LogP contribution in [-0.2, 0) is 20.8 Å². The Labute approximate surface area is 135 Å². The molecule has 1 aliphatic heterocycles. The van der Waals surface area contributed by atoms with Gasteiger partial charge in [-0.3, -0.25) is 4.68 Å². The normalized spacial score (nSPS) is 17.7. The van der Waals surface area contributed by atoms with Gasteiger partial charge in [-0.05, 0) is 39.5 Å². The van der Waals surface area contributed by atoms with Gasteiger partial charge in [0.25, 0.3) is 0 Å². The predicted molar refractivity (Wildman–Crippen MR) is 82.3 cm³/mol. The average Bonchev–Trinajstić information content (AvgIpc) is 2.99. The SMILES string of the molecule is CCOC(=O)c1cc(C(=O)OCC)n(CCC2CCCCO2)n1. The molecule has 0 bridgehead atoms. The molecule has 7 heteroatoms. The molecule has 0 aromatic carbocycles. The van der Waals surface area contributed by atoms with E-state index in [1.807, 2.05) is 0 Å². The Bertz CT molecular complexity index is 535. The van der Waals surface area contributed by atoms with E-state index in [1.165, 1.54) is 10.7 Å². The van der Waals surface area contributed by atoms with Gasteiger partial charge in [0, 0.05) is 19.2 Å². The van der Waals surface area contributed by atoms with Crippen molar-refractivity contribution < 1.29 is 23.8 Å². The Morgan fingerprint density at radius 1 is 1.26 bits per heavy atom. The Hall–Kier alpha value is -1.89. The van der Waals surface area contributed by atoms with E-state index in [-0.39, 0.29) is 30.7 Å². The molecule has 0 radical (unpaired) electrons. The second-order valence-corrected chi connectivity index (χ2v) is 5.36. The number of esters is 2. The summed E-state index contributed by atoms with van der Waals surface area (Å²) < 4.78 is 17.2. The minimum atomic E-state index is -0.536. The van der Waals surface area contributed by atoms with E-state index in [9.17, 15) is 9.59 Å². The van der Waals surface area contributed by atoms with Crippen LogP contribution in [0.5, 0.6) is 0 Å². The van der Waals surface area contributed by atoms with Gasteiger partial charge in [-0.1, -0.05) is 0 Å². The first-order valence-electron chi connectivity index (χ1n) is 8.19. The molecule has 2 rings (SSSR count). The van der Waals surface area contributed by atoms with Crippen molar-refractivity contribution in [2.24, 2.45) is 0 Å².